The summed E-state index contributed by atoms with van der Waals surface area (Å²) in [6.45, 7) is 4.44. The average molecular weight is 447 g/mol. The third-order valence-corrected chi connectivity index (χ3v) is 7.15. The Labute approximate surface area is 186 Å². The molecule has 0 saturated carbocycles. The second-order valence-electron chi connectivity index (χ2n) is 8.40. The van der Waals surface area contributed by atoms with E-state index in [1.165, 1.54) is 11.8 Å². The van der Waals surface area contributed by atoms with Gasteiger partial charge in [-0.3, -0.25) is 9.11 Å². The van der Waals surface area contributed by atoms with Crippen LogP contribution in [-0.4, -0.2) is 57.9 Å². The van der Waals surface area contributed by atoms with Crippen LogP contribution in [0.4, 0.5) is 10.1 Å². The Balaban J connectivity index is 1.22. The molecule has 2 saturated heterocycles. The monoisotopic (exact) mass is 446 g/mol. The minimum atomic E-state index is -1.17. The molecule has 1 aromatic carbocycles. The molecule has 8 heteroatoms. The molecule has 2 aliphatic rings. The standard InChI is InChI=1S/C23H31FN4O2S/c1-26-11-3-4-19(26)17-27-12-9-20(10-13-27)30-25-18-7-14-28(15-8-18)23-6-5-21(31(2)29)16-22(23)24/h3-6,11,16,20H,7-10,12-15,17H2,1-2H3. The molecular weight excluding hydrogens is 415 g/mol. The van der Waals surface area contributed by atoms with Crippen LogP contribution in [0.25, 0.3) is 0 Å². The quantitative estimate of drug-likeness (QED) is 0.637. The van der Waals surface area contributed by atoms with Crippen molar-refractivity contribution in [1.82, 2.24) is 9.47 Å². The van der Waals surface area contributed by atoms with E-state index in [1.54, 1.807) is 18.4 Å². The molecule has 2 aromatic rings. The summed E-state index contributed by atoms with van der Waals surface area (Å²) in [5.74, 6) is -0.313. The zero-order valence-electron chi connectivity index (χ0n) is 18.3. The third kappa shape index (κ3) is 5.54. The van der Waals surface area contributed by atoms with Gasteiger partial charge in [-0.2, -0.15) is 0 Å². The van der Waals surface area contributed by atoms with E-state index in [2.05, 4.69) is 40.0 Å². The van der Waals surface area contributed by atoms with Gasteiger partial charge in [0.1, 0.15) is 11.9 Å². The van der Waals surface area contributed by atoms with E-state index in [0.717, 1.165) is 51.0 Å². The van der Waals surface area contributed by atoms with Crippen LogP contribution in [0.1, 0.15) is 31.4 Å². The number of halogens is 1. The number of aryl methyl sites for hydroxylation is 1. The number of likely N-dealkylation sites (tertiary alicyclic amines) is 1. The van der Waals surface area contributed by atoms with Crippen molar-refractivity contribution in [2.45, 2.75) is 43.2 Å². The number of nitrogens with zero attached hydrogens (tertiary/aromatic N) is 4. The first-order chi connectivity index (χ1) is 15.0. The Morgan fingerprint density at radius 3 is 2.52 bits per heavy atom. The van der Waals surface area contributed by atoms with Crippen LogP contribution in [-0.2, 0) is 29.2 Å². The summed E-state index contributed by atoms with van der Waals surface area (Å²) in [7, 11) is 0.913. The Morgan fingerprint density at radius 1 is 1.16 bits per heavy atom. The van der Waals surface area contributed by atoms with Crippen molar-refractivity contribution in [3.63, 3.8) is 0 Å². The van der Waals surface area contributed by atoms with Crippen LogP contribution in [0.3, 0.4) is 0 Å². The largest absolute Gasteiger partial charge is 0.392 e. The predicted octanol–water partition coefficient (Wildman–Crippen LogP) is 3.54. The molecular formula is C23H31FN4O2S. The first kappa shape index (κ1) is 22.0. The van der Waals surface area contributed by atoms with E-state index in [0.29, 0.717) is 23.7 Å². The van der Waals surface area contributed by atoms with E-state index < -0.39 is 10.8 Å². The van der Waals surface area contributed by atoms with Crippen LogP contribution in [0.15, 0.2) is 46.6 Å². The maximum Gasteiger partial charge on any atom is 0.147 e. The average Bonchev–Trinajstić information content (AvgIpc) is 3.18. The van der Waals surface area contributed by atoms with Crippen LogP contribution in [0.2, 0.25) is 0 Å². The van der Waals surface area contributed by atoms with Gasteiger partial charge in [0.25, 0.3) is 0 Å². The van der Waals surface area contributed by atoms with Gasteiger partial charge < -0.3 is 14.3 Å². The van der Waals surface area contributed by atoms with Gasteiger partial charge in [0.05, 0.1) is 11.4 Å². The van der Waals surface area contributed by atoms with Crippen molar-refractivity contribution in [3.05, 3.63) is 48.0 Å². The third-order valence-electron chi connectivity index (χ3n) is 6.23. The number of anilines is 1. The summed E-state index contributed by atoms with van der Waals surface area (Å²) in [6, 6.07) is 9.11. The van der Waals surface area contributed by atoms with Crippen LogP contribution < -0.4 is 4.90 Å². The first-order valence-electron chi connectivity index (χ1n) is 10.9. The lowest BCUT2D eigenvalue weighted by atomic mass is 10.1. The smallest absolute Gasteiger partial charge is 0.147 e. The fourth-order valence-electron chi connectivity index (χ4n) is 4.23. The van der Waals surface area contributed by atoms with Gasteiger partial charge in [-0.1, -0.05) is 5.16 Å². The molecule has 31 heavy (non-hydrogen) atoms. The second kappa shape index (κ2) is 9.96. The fourth-order valence-corrected chi connectivity index (χ4v) is 4.76. The lowest BCUT2D eigenvalue weighted by Gasteiger charge is -2.32. The maximum atomic E-state index is 14.4. The number of oxime groups is 1. The van der Waals surface area contributed by atoms with Crippen molar-refractivity contribution >= 4 is 22.2 Å². The molecule has 1 unspecified atom stereocenters. The zero-order valence-corrected chi connectivity index (χ0v) is 19.1. The molecule has 4 rings (SSSR count). The molecule has 2 fully saturated rings. The van der Waals surface area contributed by atoms with Crippen molar-refractivity contribution < 1.29 is 13.4 Å². The van der Waals surface area contributed by atoms with Crippen molar-refractivity contribution in [2.75, 3.05) is 37.3 Å². The first-order valence-corrected chi connectivity index (χ1v) is 12.5. The number of aromatic nitrogens is 1. The highest BCUT2D eigenvalue weighted by molar-refractivity contribution is 7.84. The number of piperidine rings is 2. The molecule has 6 nitrogen and oxygen atoms in total. The molecule has 1 aromatic heterocycles. The summed E-state index contributed by atoms with van der Waals surface area (Å²) in [5.41, 5.74) is 2.95. The zero-order chi connectivity index (χ0) is 21.8. The number of benzene rings is 1. The van der Waals surface area contributed by atoms with Crippen LogP contribution >= 0.6 is 0 Å². The Morgan fingerprint density at radius 2 is 1.90 bits per heavy atom. The predicted molar refractivity (Wildman–Crippen MR) is 122 cm³/mol. The van der Waals surface area contributed by atoms with E-state index in [4.69, 9.17) is 4.84 Å². The lowest BCUT2D eigenvalue weighted by Crippen LogP contribution is -2.37. The highest BCUT2D eigenvalue weighted by Gasteiger charge is 2.23. The molecule has 0 amide bonds. The van der Waals surface area contributed by atoms with Gasteiger partial charge in [0.15, 0.2) is 0 Å². The van der Waals surface area contributed by atoms with Gasteiger partial charge >= 0.3 is 0 Å². The molecule has 0 radical (unpaired) electrons. The summed E-state index contributed by atoms with van der Waals surface area (Å²) in [5, 5.41) is 4.44. The lowest BCUT2D eigenvalue weighted by molar-refractivity contribution is 0.00806. The van der Waals surface area contributed by atoms with E-state index in [1.807, 2.05) is 4.90 Å². The van der Waals surface area contributed by atoms with Gasteiger partial charge in [-0.15, -0.1) is 0 Å². The van der Waals surface area contributed by atoms with E-state index >= 15 is 0 Å². The molecule has 0 spiro atoms. The minimum absolute atomic E-state index is 0.176. The molecule has 3 heterocycles. The highest BCUT2D eigenvalue weighted by atomic mass is 32.2. The van der Waals surface area contributed by atoms with Crippen molar-refractivity contribution in [2.24, 2.45) is 12.2 Å². The number of hydrogen-bond acceptors (Lipinski definition) is 5. The SMILES string of the molecule is Cn1cccc1CN1CCC(ON=C2CCN(c3ccc(S(C)=O)cc3F)CC2)CC1. The van der Waals surface area contributed by atoms with E-state index in [-0.39, 0.29) is 11.9 Å². The summed E-state index contributed by atoms with van der Waals surface area (Å²) < 4.78 is 28.1. The van der Waals surface area contributed by atoms with Gasteiger partial charge in [-0.25, -0.2) is 4.39 Å². The molecule has 0 aliphatic carbocycles. The second-order valence-corrected chi connectivity index (χ2v) is 9.78. The molecule has 0 bridgehead atoms. The molecule has 2 aliphatic heterocycles. The number of hydrogen-bond donors (Lipinski definition) is 0. The Kier molecular flexibility index (Phi) is 7.07. The van der Waals surface area contributed by atoms with Crippen molar-refractivity contribution in [1.29, 1.82) is 0 Å². The van der Waals surface area contributed by atoms with Crippen molar-refractivity contribution in [3.8, 4) is 0 Å². The molecule has 1 atom stereocenters. The summed E-state index contributed by atoms with van der Waals surface area (Å²) in [6.07, 6.45) is 7.35. The normalized spacial score (nSPS) is 19.5. The fraction of sp³-hybridized carbons (Fsp3) is 0.522. The molecule has 168 valence electrons. The maximum absolute atomic E-state index is 14.4. The van der Waals surface area contributed by atoms with Crippen LogP contribution in [0.5, 0.6) is 0 Å². The van der Waals surface area contributed by atoms with E-state index in [9.17, 15) is 8.60 Å². The number of rotatable bonds is 6. The minimum Gasteiger partial charge on any atom is -0.392 e. The summed E-state index contributed by atoms with van der Waals surface area (Å²) >= 11 is 0. The molecule has 0 N–H and O–H groups in total. The van der Waals surface area contributed by atoms with Gasteiger partial charge in [-0.05, 0) is 43.2 Å². The van der Waals surface area contributed by atoms with Gasteiger partial charge in [0, 0.05) is 86.5 Å². The Bertz CT molecular complexity index is 943. The summed E-state index contributed by atoms with van der Waals surface area (Å²) in [4.78, 5) is 10.9. The highest BCUT2D eigenvalue weighted by Crippen LogP contribution is 2.25. The van der Waals surface area contributed by atoms with Crippen LogP contribution in [0, 0.1) is 5.82 Å². The van der Waals surface area contributed by atoms with Gasteiger partial charge in [0.2, 0.25) is 0 Å². The Hall–Kier alpha value is -2.19. The topological polar surface area (TPSA) is 50.1 Å².